The number of nitrogens with zero attached hydrogens (tertiary/aromatic N) is 3. The molecule has 0 aliphatic rings. The molecule has 156 valence electrons. The van der Waals surface area contributed by atoms with E-state index < -0.39 is 30.2 Å². The van der Waals surface area contributed by atoms with Crippen molar-refractivity contribution in [2.24, 2.45) is 0 Å². The summed E-state index contributed by atoms with van der Waals surface area (Å²) < 4.78 is 50.2. The summed E-state index contributed by atoms with van der Waals surface area (Å²) in [6, 6.07) is 8.77. The van der Waals surface area contributed by atoms with E-state index in [4.69, 9.17) is 9.47 Å². The van der Waals surface area contributed by atoms with E-state index in [-0.39, 0.29) is 16.9 Å². The predicted molar refractivity (Wildman–Crippen MR) is 98.3 cm³/mol. The molecule has 0 aliphatic carbocycles. The molecule has 0 fully saturated rings. The number of carbonyl (C=O) groups is 2. The molecular weight excluding hydrogens is 405 g/mol. The fourth-order valence-corrected chi connectivity index (χ4v) is 2.47. The van der Waals surface area contributed by atoms with Crippen LogP contribution in [-0.2, 0) is 15.7 Å². The zero-order chi connectivity index (χ0) is 21.7. The van der Waals surface area contributed by atoms with Crippen LogP contribution in [0.1, 0.15) is 15.9 Å². The van der Waals surface area contributed by atoms with E-state index >= 15 is 0 Å². The Morgan fingerprint density at radius 2 is 1.87 bits per heavy atom. The number of amides is 1. The smallest absolute Gasteiger partial charge is 0.416 e. The van der Waals surface area contributed by atoms with Crippen LogP contribution < -0.4 is 10.1 Å². The van der Waals surface area contributed by atoms with Crippen LogP contribution in [0.15, 0.2) is 55.1 Å². The third-order valence-electron chi connectivity index (χ3n) is 3.92. The molecule has 0 spiro atoms. The molecule has 3 rings (SSSR count). The van der Waals surface area contributed by atoms with Crippen molar-refractivity contribution >= 4 is 17.6 Å². The lowest BCUT2D eigenvalue weighted by Crippen LogP contribution is -2.22. The molecule has 1 amide bonds. The molecule has 0 saturated carbocycles. The minimum Gasteiger partial charge on any atom is -0.497 e. The number of halogens is 3. The lowest BCUT2D eigenvalue weighted by Gasteiger charge is -2.14. The number of hydrogen-bond acceptors (Lipinski definition) is 6. The Bertz CT molecular complexity index is 1030. The Hall–Kier alpha value is -3.89. The molecule has 2 aromatic carbocycles. The molecule has 3 aromatic rings. The van der Waals surface area contributed by atoms with Crippen molar-refractivity contribution in [2.45, 2.75) is 6.18 Å². The van der Waals surface area contributed by atoms with E-state index in [1.54, 1.807) is 12.1 Å². The largest absolute Gasteiger partial charge is 0.497 e. The van der Waals surface area contributed by atoms with Crippen molar-refractivity contribution < 1.29 is 32.2 Å². The number of ether oxygens (including phenoxy) is 2. The summed E-state index contributed by atoms with van der Waals surface area (Å²) in [5.41, 5.74) is -0.779. The van der Waals surface area contributed by atoms with Crippen molar-refractivity contribution in [2.75, 3.05) is 19.0 Å². The van der Waals surface area contributed by atoms with E-state index in [1.807, 2.05) is 0 Å². The van der Waals surface area contributed by atoms with Crippen LogP contribution in [0.5, 0.6) is 5.75 Å². The molecule has 1 heterocycles. The maximum Gasteiger partial charge on any atom is 0.416 e. The quantitative estimate of drug-likeness (QED) is 0.616. The SMILES string of the molecule is COc1ccc(C(=O)OCC(=O)Nc2cc(C(F)(F)F)ccc2-n2cncn2)cc1. The first kappa shape index (κ1) is 20.8. The molecule has 30 heavy (non-hydrogen) atoms. The van der Waals surface area contributed by atoms with Crippen molar-refractivity contribution in [1.82, 2.24) is 14.8 Å². The van der Waals surface area contributed by atoms with Crippen LogP contribution in [0.4, 0.5) is 18.9 Å². The predicted octanol–water partition coefficient (Wildman–Crippen LogP) is 3.09. The zero-order valence-corrected chi connectivity index (χ0v) is 15.5. The van der Waals surface area contributed by atoms with Gasteiger partial charge in [-0.15, -0.1) is 0 Å². The molecule has 0 radical (unpaired) electrons. The van der Waals surface area contributed by atoms with Crippen LogP contribution in [0.25, 0.3) is 5.69 Å². The maximum atomic E-state index is 13.0. The standard InChI is InChI=1S/C19H15F3N4O4/c1-29-14-5-2-12(3-6-14)18(28)30-9-17(27)25-15-8-13(19(20,21)22)4-7-16(15)26-11-23-10-24-26/h2-8,10-11H,9H2,1H3,(H,25,27). The van der Waals surface area contributed by atoms with Crippen LogP contribution in [-0.4, -0.2) is 40.4 Å². The summed E-state index contributed by atoms with van der Waals surface area (Å²) in [4.78, 5) is 28.0. The monoisotopic (exact) mass is 420 g/mol. The summed E-state index contributed by atoms with van der Waals surface area (Å²) in [6.07, 6.45) is -2.15. The molecule has 0 saturated heterocycles. The Morgan fingerprint density at radius 1 is 1.13 bits per heavy atom. The van der Waals surface area contributed by atoms with E-state index in [9.17, 15) is 22.8 Å². The van der Waals surface area contributed by atoms with Crippen molar-refractivity contribution in [3.63, 3.8) is 0 Å². The summed E-state index contributed by atoms with van der Waals surface area (Å²) in [5, 5.41) is 6.16. The summed E-state index contributed by atoms with van der Waals surface area (Å²) in [7, 11) is 1.47. The van der Waals surface area contributed by atoms with Gasteiger partial charge < -0.3 is 14.8 Å². The Balaban J connectivity index is 1.72. The Kier molecular flexibility index (Phi) is 6.00. The van der Waals surface area contributed by atoms with Crippen LogP contribution >= 0.6 is 0 Å². The first-order chi connectivity index (χ1) is 14.3. The number of carbonyl (C=O) groups excluding carboxylic acids is 2. The second-order valence-electron chi connectivity index (χ2n) is 5.92. The van der Waals surface area contributed by atoms with Gasteiger partial charge in [-0.05, 0) is 42.5 Å². The van der Waals surface area contributed by atoms with Crippen LogP contribution in [0.3, 0.4) is 0 Å². The lowest BCUT2D eigenvalue weighted by molar-refractivity contribution is -0.137. The Morgan fingerprint density at radius 3 is 2.47 bits per heavy atom. The van der Waals surface area contributed by atoms with E-state index in [0.717, 1.165) is 18.2 Å². The summed E-state index contributed by atoms with van der Waals surface area (Å²) >= 11 is 0. The van der Waals surface area contributed by atoms with Gasteiger partial charge in [0.05, 0.1) is 29.6 Å². The molecule has 0 atom stereocenters. The number of benzene rings is 2. The molecule has 0 unspecified atom stereocenters. The van der Waals surface area contributed by atoms with Gasteiger partial charge in [-0.2, -0.15) is 18.3 Å². The fourth-order valence-electron chi connectivity index (χ4n) is 2.47. The number of methoxy groups -OCH3 is 1. The van der Waals surface area contributed by atoms with E-state index in [0.29, 0.717) is 5.75 Å². The third-order valence-corrected chi connectivity index (χ3v) is 3.92. The topological polar surface area (TPSA) is 95.3 Å². The van der Waals surface area contributed by atoms with Crippen molar-refractivity contribution in [1.29, 1.82) is 0 Å². The highest BCUT2D eigenvalue weighted by molar-refractivity contribution is 5.96. The number of nitrogens with one attached hydrogen (secondary N) is 1. The van der Waals surface area contributed by atoms with Gasteiger partial charge in [0.15, 0.2) is 6.61 Å². The van der Waals surface area contributed by atoms with Gasteiger partial charge in [-0.25, -0.2) is 14.5 Å². The minimum absolute atomic E-state index is 0.162. The van der Waals surface area contributed by atoms with Gasteiger partial charge >= 0.3 is 12.1 Å². The second-order valence-corrected chi connectivity index (χ2v) is 5.92. The highest BCUT2D eigenvalue weighted by atomic mass is 19.4. The number of alkyl halides is 3. The normalized spacial score (nSPS) is 11.1. The molecule has 1 N–H and O–H groups in total. The molecule has 0 bridgehead atoms. The molecule has 11 heteroatoms. The number of rotatable bonds is 6. The zero-order valence-electron chi connectivity index (χ0n) is 15.5. The number of anilines is 1. The Labute approximate surface area is 168 Å². The number of hydrogen-bond donors (Lipinski definition) is 1. The first-order valence-corrected chi connectivity index (χ1v) is 8.45. The van der Waals surface area contributed by atoms with Gasteiger partial charge in [-0.1, -0.05) is 0 Å². The summed E-state index contributed by atoms with van der Waals surface area (Å²) in [5.74, 6) is -1.06. The van der Waals surface area contributed by atoms with Crippen LogP contribution in [0, 0.1) is 0 Å². The average Bonchev–Trinajstić information content (AvgIpc) is 3.26. The van der Waals surface area contributed by atoms with Crippen molar-refractivity contribution in [3.8, 4) is 11.4 Å². The third kappa shape index (κ3) is 4.93. The van der Waals surface area contributed by atoms with Crippen LogP contribution in [0.2, 0.25) is 0 Å². The van der Waals surface area contributed by atoms with Gasteiger partial charge in [0.25, 0.3) is 5.91 Å². The highest BCUT2D eigenvalue weighted by Gasteiger charge is 2.31. The summed E-state index contributed by atoms with van der Waals surface area (Å²) in [6.45, 7) is -0.697. The number of esters is 1. The van der Waals surface area contributed by atoms with Gasteiger partial charge in [0.2, 0.25) is 0 Å². The highest BCUT2D eigenvalue weighted by Crippen LogP contribution is 2.33. The first-order valence-electron chi connectivity index (χ1n) is 8.45. The average molecular weight is 420 g/mol. The fraction of sp³-hybridized carbons (Fsp3) is 0.158. The van der Waals surface area contributed by atoms with Crippen molar-refractivity contribution in [3.05, 3.63) is 66.2 Å². The van der Waals surface area contributed by atoms with Gasteiger partial charge in [0.1, 0.15) is 18.4 Å². The van der Waals surface area contributed by atoms with Gasteiger partial charge in [0, 0.05) is 0 Å². The minimum atomic E-state index is -4.61. The second kappa shape index (κ2) is 8.64. The molecule has 0 aliphatic heterocycles. The number of aromatic nitrogens is 3. The maximum absolute atomic E-state index is 13.0. The molecule has 1 aromatic heterocycles. The molecular formula is C19H15F3N4O4. The van der Waals surface area contributed by atoms with E-state index in [1.165, 1.54) is 36.6 Å². The molecule has 8 nitrogen and oxygen atoms in total. The lowest BCUT2D eigenvalue weighted by atomic mass is 10.1. The van der Waals surface area contributed by atoms with E-state index in [2.05, 4.69) is 15.4 Å². The van der Waals surface area contributed by atoms with Gasteiger partial charge in [-0.3, -0.25) is 4.79 Å².